The van der Waals surface area contributed by atoms with Crippen LogP contribution in [0.5, 0.6) is 0 Å². The molecule has 2 N–H and O–H groups in total. The molecule has 0 unspecified atom stereocenters. The van der Waals surface area contributed by atoms with Gasteiger partial charge in [0.15, 0.2) is 5.03 Å². The highest BCUT2D eigenvalue weighted by Crippen LogP contribution is 2.06. The lowest BCUT2D eigenvalue weighted by molar-refractivity contribution is 0.573. The van der Waals surface area contributed by atoms with Crippen molar-refractivity contribution in [3.8, 4) is 0 Å². The Kier molecular flexibility index (Phi) is 6.42. The maximum absolute atomic E-state index is 11.8. The van der Waals surface area contributed by atoms with E-state index in [1.165, 1.54) is 6.20 Å². The molecule has 17 heavy (non-hydrogen) atoms. The van der Waals surface area contributed by atoms with Crippen LogP contribution in [0, 0.1) is 0 Å². The maximum Gasteiger partial charge on any atom is 0.257 e. The Bertz CT molecular complexity index is 431. The van der Waals surface area contributed by atoms with E-state index < -0.39 is 10.0 Å². The first-order valence-electron chi connectivity index (χ1n) is 5.69. The van der Waals surface area contributed by atoms with E-state index in [0.29, 0.717) is 18.8 Å². The Balaban J connectivity index is 2.45. The van der Waals surface area contributed by atoms with Gasteiger partial charge in [0.2, 0.25) is 0 Å². The first-order chi connectivity index (χ1) is 8.10. The normalized spacial score (nSPS) is 11.9. The van der Waals surface area contributed by atoms with Gasteiger partial charge in [-0.05, 0) is 17.3 Å². The van der Waals surface area contributed by atoms with Crippen LogP contribution in [0.15, 0.2) is 11.2 Å². The molecule has 0 aliphatic rings. The van der Waals surface area contributed by atoms with Crippen molar-refractivity contribution in [3.05, 3.63) is 12.0 Å². The van der Waals surface area contributed by atoms with Crippen LogP contribution in [0.2, 0.25) is 0 Å². The monoisotopic (exact) mass is 371 g/mol. The standard InChI is InChI=1S/C10H18IN3O2S/c1-2-9-12-8-10(14-9)17(15,16)13-7-5-3-4-6-11/h8,13H,2-7H2,1H3,(H,12,14). The molecule has 0 aliphatic carbocycles. The highest BCUT2D eigenvalue weighted by molar-refractivity contribution is 14.1. The zero-order valence-electron chi connectivity index (χ0n) is 9.87. The highest BCUT2D eigenvalue weighted by Gasteiger charge is 2.15. The van der Waals surface area contributed by atoms with Crippen LogP contribution in [0.3, 0.4) is 0 Å². The van der Waals surface area contributed by atoms with Gasteiger partial charge < -0.3 is 4.98 Å². The van der Waals surface area contributed by atoms with Crippen LogP contribution in [-0.4, -0.2) is 29.4 Å². The van der Waals surface area contributed by atoms with Crippen molar-refractivity contribution in [2.45, 2.75) is 37.6 Å². The number of halogens is 1. The third kappa shape index (κ3) is 4.92. The first-order valence-corrected chi connectivity index (χ1v) is 8.70. The summed E-state index contributed by atoms with van der Waals surface area (Å²) in [5.41, 5.74) is 0. The van der Waals surface area contributed by atoms with Gasteiger partial charge in [-0.1, -0.05) is 35.9 Å². The highest BCUT2D eigenvalue weighted by atomic mass is 127. The van der Waals surface area contributed by atoms with Crippen LogP contribution in [-0.2, 0) is 16.4 Å². The molecule has 0 radical (unpaired) electrons. The average molecular weight is 371 g/mol. The summed E-state index contributed by atoms with van der Waals surface area (Å²) in [4.78, 5) is 6.78. The van der Waals surface area contributed by atoms with Gasteiger partial charge in [-0.15, -0.1) is 0 Å². The van der Waals surface area contributed by atoms with E-state index in [9.17, 15) is 8.42 Å². The van der Waals surface area contributed by atoms with Crippen molar-refractivity contribution in [2.24, 2.45) is 0 Å². The van der Waals surface area contributed by atoms with Gasteiger partial charge in [0, 0.05) is 13.0 Å². The van der Waals surface area contributed by atoms with Gasteiger partial charge in [-0.2, -0.15) is 0 Å². The largest absolute Gasteiger partial charge is 0.332 e. The molecular formula is C10H18IN3O2S. The van der Waals surface area contributed by atoms with Crippen molar-refractivity contribution in [1.82, 2.24) is 14.7 Å². The lowest BCUT2D eigenvalue weighted by Crippen LogP contribution is -2.25. The number of hydrogen-bond acceptors (Lipinski definition) is 3. The summed E-state index contributed by atoms with van der Waals surface area (Å²) in [6, 6.07) is 0. The number of aryl methyl sites for hydroxylation is 1. The fourth-order valence-electron chi connectivity index (χ4n) is 1.34. The first kappa shape index (κ1) is 14.9. The van der Waals surface area contributed by atoms with Crippen LogP contribution in [0.1, 0.15) is 32.0 Å². The van der Waals surface area contributed by atoms with Gasteiger partial charge in [-0.25, -0.2) is 18.1 Å². The molecule has 0 bridgehead atoms. The molecule has 98 valence electrons. The van der Waals surface area contributed by atoms with E-state index in [1.54, 1.807) is 0 Å². The molecule has 0 aliphatic heterocycles. The van der Waals surface area contributed by atoms with Gasteiger partial charge >= 0.3 is 0 Å². The molecule has 5 nitrogen and oxygen atoms in total. The number of rotatable bonds is 8. The number of alkyl halides is 1. The van der Waals surface area contributed by atoms with Crippen molar-refractivity contribution in [3.63, 3.8) is 0 Å². The Morgan fingerprint density at radius 2 is 2.18 bits per heavy atom. The summed E-state index contributed by atoms with van der Waals surface area (Å²) in [5.74, 6) is 0.690. The summed E-state index contributed by atoms with van der Waals surface area (Å²) >= 11 is 2.32. The fourth-order valence-corrected chi connectivity index (χ4v) is 2.89. The number of aromatic nitrogens is 2. The second-order valence-corrected chi connectivity index (χ2v) is 6.51. The topological polar surface area (TPSA) is 74.8 Å². The van der Waals surface area contributed by atoms with Crippen molar-refractivity contribution >= 4 is 32.6 Å². The Hall–Kier alpha value is -0.150. The molecule has 0 fully saturated rings. The maximum atomic E-state index is 11.8. The van der Waals surface area contributed by atoms with Gasteiger partial charge in [0.25, 0.3) is 10.0 Å². The number of aromatic amines is 1. The van der Waals surface area contributed by atoms with Crippen molar-refractivity contribution in [2.75, 3.05) is 11.0 Å². The average Bonchev–Trinajstić information content (AvgIpc) is 2.78. The summed E-state index contributed by atoms with van der Waals surface area (Å²) < 4.78 is 27.3. The molecule has 0 saturated carbocycles. The number of hydrogen-bond donors (Lipinski definition) is 2. The second kappa shape index (κ2) is 7.32. The zero-order valence-corrected chi connectivity index (χ0v) is 12.8. The molecule has 1 rings (SSSR count). The molecule has 0 amide bonds. The molecule has 1 aromatic heterocycles. The Labute approximate surface area is 116 Å². The molecule has 1 heterocycles. The van der Waals surface area contributed by atoms with E-state index in [4.69, 9.17) is 0 Å². The predicted octanol–water partition coefficient (Wildman–Crippen LogP) is 1.86. The Morgan fingerprint density at radius 3 is 2.76 bits per heavy atom. The summed E-state index contributed by atoms with van der Waals surface area (Å²) in [5, 5.41) is 0.156. The van der Waals surface area contributed by atoms with E-state index in [2.05, 4.69) is 37.3 Å². The van der Waals surface area contributed by atoms with Crippen LogP contribution in [0.4, 0.5) is 0 Å². The number of H-pyrrole nitrogens is 1. The molecule has 0 atom stereocenters. The van der Waals surface area contributed by atoms with Crippen molar-refractivity contribution < 1.29 is 8.42 Å². The lowest BCUT2D eigenvalue weighted by atomic mass is 10.3. The minimum atomic E-state index is -3.41. The van der Waals surface area contributed by atoms with E-state index in [0.717, 1.165) is 23.7 Å². The number of sulfonamides is 1. The molecule has 0 spiro atoms. The summed E-state index contributed by atoms with van der Waals surface area (Å²) in [6.45, 7) is 2.41. The SMILES string of the molecule is CCc1ncc(S(=O)(=O)NCCCCCI)[nH]1. The summed E-state index contributed by atoms with van der Waals surface area (Å²) in [6.07, 6.45) is 5.12. The van der Waals surface area contributed by atoms with Crippen LogP contribution < -0.4 is 4.72 Å². The number of imidazole rings is 1. The number of nitrogens with zero attached hydrogens (tertiary/aromatic N) is 1. The van der Waals surface area contributed by atoms with Gasteiger partial charge in [0.05, 0.1) is 6.20 Å². The third-order valence-electron chi connectivity index (χ3n) is 2.33. The minimum absolute atomic E-state index is 0.156. The predicted molar refractivity (Wildman–Crippen MR) is 75.9 cm³/mol. The van der Waals surface area contributed by atoms with Crippen LogP contribution in [0.25, 0.3) is 0 Å². The van der Waals surface area contributed by atoms with Crippen molar-refractivity contribution in [1.29, 1.82) is 0 Å². The fraction of sp³-hybridized carbons (Fsp3) is 0.700. The molecule has 0 aromatic carbocycles. The minimum Gasteiger partial charge on any atom is -0.332 e. The third-order valence-corrected chi connectivity index (χ3v) is 4.47. The molecule has 1 aromatic rings. The lowest BCUT2D eigenvalue weighted by Gasteiger charge is -2.03. The van der Waals surface area contributed by atoms with E-state index in [1.807, 2.05) is 6.92 Å². The molecular weight excluding hydrogens is 353 g/mol. The number of nitrogens with one attached hydrogen (secondary N) is 2. The quantitative estimate of drug-likeness (QED) is 0.416. The van der Waals surface area contributed by atoms with E-state index in [-0.39, 0.29) is 5.03 Å². The smallest absolute Gasteiger partial charge is 0.257 e. The van der Waals surface area contributed by atoms with Gasteiger partial charge in [0.1, 0.15) is 5.82 Å². The Morgan fingerprint density at radius 1 is 1.41 bits per heavy atom. The zero-order chi connectivity index (χ0) is 12.7. The molecule has 7 heteroatoms. The summed E-state index contributed by atoms with van der Waals surface area (Å²) in [7, 11) is -3.41. The van der Waals surface area contributed by atoms with Gasteiger partial charge in [-0.3, -0.25) is 0 Å². The second-order valence-electron chi connectivity index (χ2n) is 3.70. The molecule has 0 saturated heterocycles. The van der Waals surface area contributed by atoms with Crippen LogP contribution >= 0.6 is 22.6 Å². The number of unbranched alkanes of at least 4 members (excludes halogenated alkanes) is 2. The van der Waals surface area contributed by atoms with E-state index >= 15 is 0 Å².